The fourth-order valence-corrected chi connectivity index (χ4v) is 5.47. The van der Waals surface area contributed by atoms with Gasteiger partial charge in [0.15, 0.2) is 0 Å². The Morgan fingerprint density at radius 3 is 2.84 bits per heavy atom. The zero-order valence-electron chi connectivity index (χ0n) is 18.2. The van der Waals surface area contributed by atoms with Crippen LogP contribution in [0.25, 0.3) is 21.3 Å². The largest absolute Gasteiger partial charge is 0.379 e. The molecule has 1 unspecified atom stereocenters. The van der Waals surface area contributed by atoms with Gasteiger partial charge in [-0.15, -0.1) is 11.3 Å². The van der Waals surface area contributed by atoms with E-state index in [1.807, 2.05) is 23.1 Å². The highest BCUT2D eigenvalue weighted by molar-refractivity contribution is 7.17. The van der Waals surface area contributed by atoms with Crippen LogP contribution in [0.5, 0.6) is 0 Å². The molecular weight excluding hydrogens is 422 g/mol. The van der Waals surface area contributed by atoms with Crippen LogP contribution >= 0.6 is 11.3 Å². The lowest BCUT2D eigenvalue weighted by molar-refractivity contribution is -0.123. The normalized spacial score (nSPS) is 19.8. The molecule has 168 valence electrons. The van der Waals surface area contributed by atoms with E-state index in [1.54, 1.807) is 17.7 Å². The number of carbonyl (C=O) groups excluding carboxylic acids is 1. The van der Waals surface area contributed by atoms with E-state index in [0.29, 0.717) is 6.54 Å². The first-order valence-electron chi connectivity index (χ1n) is 11.4. The van der Waals surface area contributed by atoms with Crippen LogP contribution in [-0.2, 0) is 9.53 Å². The van der Waals surface area contributed by atoms with Crippen molar-refractivity contribution in [3.8, 4) is 11.1 Å². The minimum Gasteiger partial charge on any atom is -0.379 e. The molecule has 0 radical (unpaired) electrons. The van der Waals surface area contributed by atoms with Gasteiger partial charge < -0.3 is 10.1 Å². The predicted molar refractivity (Wildman–Crippen MR) is 128 cm³/mol. The van der Waals surface area contributed by atoms with Crippen LogP contribution in [0.2, 0.25) is 0 Å². The number of morpholine rings is 1. The molecule has 0 spiro atoms. The third kappa shape index (κ3) is 4.54. The summed E-state index contributed by atoms with van der Waals surface area (Å²) >= 11 is 1.61. The van der Waals surface area contributed by atoms with Gasteiger partial charge in [-0.1, -0.05) is 30.3 Å². The molecule has 2 saturated heterocycles. The highest BCUT2D eigenvalue weighted by Crippen LogP contribution is 2.38. The number of thiophene rings is 1. The molecule has 1 N–H and O–H groups in total. The first kappa shape index (κ1) is 21.5. The van der Waals surface area contributed by atoms with Gasteiger partial charge >= 0.3 is 0 Å². The number of hydrogen-bond donors (Lipinski definition) is 1. The number of piperidine rings is 1. The number of carbonyl (C=O) groups is 1. The maximum Gasteiger partial charge on any atom is 0.232 e. The first-order valence-corrected chi connectivity index (χ1v) is 12.3. The van der Waals surface area contributed by atoms with Gasteiger partial charge in [-0.2, -0.15) is 0 Å². The van der Waals surface area contributed by atoms with Crippen molar-refractivity contribution in [1.82, 2.24) is 20.2 Å². The number of anilines is 1. The molecule has 2 aromatic heterocycles. The number of fused-ring (bicyclic) bond motifs is 1. The van der Waals surface area contributed by atoms with Crippen molar-refractivity contribution in [3.63, 3.8) is 0 Å². The topological polar surface area (TPSA) is 70.6 Å². The molecule has 1 atom stereocenters. The average Bonchev–Trinajstić information content (AvgIpc) is 3.31. The molecule has 3 aromatic rings. The Bertz CT molecular complexity index is 1040. The molecule has 2 aliphatic rings. The first-order chi connectivity index (χ1) is 15.8. The second-order valence-corrected chi connectivity index (χ2v) is 9.24. The highest BCUT2D eigenvalue weighted by atomic mass is 32.1. The number of rotatable bonds is 6. The van der Waals surface area contributed by atoms with Crippen molar-refractivity contribution in [2.75, 3.05) is 57.4 Å². The summed E-state index contributed by atoms with van der Waals surface area (Å²) in [5, 5.41) is 6.50. The van der Waals surface area contributed by atoms with Crippen LogP contribution in [0.4, 0.5) is 5.82 Å². The Balaban J connectivity index is 1.52. The van der Waals surface area contributed by atoms with Gasteiger partial charge in [0, 0.05) is 43.7 Å². The van der Waals surface area contributed by atoms with Crippen LogP contribution in [-0.4, -0.2) is 73.3 Å². The van der Waals surface area contributed by atoms with Crippen LogP contribution in [0, 0.1) is 5.92 Å². The number of nitrogens with zero attached hydrogens (tertiary/aromatic N) is 4. The van der Waals surface area contributed by atoms with Crippen molar-refractivity contribution in [3.05, 3.63) is 42.0 Å². The Morgan fingerprint density at radius 1 is 1.22 bits per heavy atom. The quantitative estimate of drug-likeness (QED) is 0.621. The number of nitrogens with one attached hydrogen (secondary N) is 1. The number of aromatic nitrogens is 2. The summed E-state index contributed by atoms with van der Waals surface area (Å²) in [7, 11) is 0. The SMILES string of the molecule is O=C(C1CCCNC1)N(CCN1CCOCC1)c1ncnc2scc(-c3ccccc3)c12. The summed E-state index contributed by atoms with van der Waals surface area (Å²) in [4.78, 5) is 28.2. The van der Waals surface area contributed by atoms with E-state index in [9.17, 15) is 4.79 Å². The summed E-state index contributed by atoms with van der Waals surface area (Å²) in [6.07, 6.45) is 3.54. The zero-order valence-corrected chi connectivity index (χ0v) is 19.0. The van der Waals surface area contributed by atoms with Crippen molar-refractivity contribution < 1.29 is 9.53 Å². The number of hydrogen-bond acceptors (Lipinski definition) is 7. The highest BCUT2D eigenvalue weighted by Gasteiger charge is 2.30. The van der Waals surface area contributed by atoms with Crippen molar-refractivity contribution >= 4 is 33.3 Å². The summed E-state index contributed by atoms with van der Waals surface area (Å²) in [5.41, 5.74) is 2.21. The summed E-state index contributed by atoms with van der Waals surface area (Å²) in [6, 6.07) is 10.3. The lowest BCUT2D eigenvalue weighted by Crippen LogP contribution is -2.47. The monoisotopic (exact) mass is 451 g/mol. The van der Waals surface area contributed by atoms with Crippen molar-refractivity contribution in [2.45, 2.75) is 12.8 Å². The summed E-state index contributed by atoms with van der Waals surface area (Å²) in [6.45, 7) is 6.45. The molecule has 2 fully saturated rings. The molecule has 1 amide bonds. The molecule has 32 heavy (non-hydrogen) atoms. The fourth-order valence-electron chi connectivity index (χ4n) is 4.56. The minimum absolute atomic E-state index is 0.0164. The number of ether oxygens (including phenoxy) is 1. The van der Waals surface area contributed by atoms with E-state index in [2.05, 4.69) is 37.7 Å². The number of benzene rings is 1. The third-order valence-corrected chi connectivity index (χ3v) is 7.23. The molecule has 0 aliphatic carbocycles. The van der Waals surface area contributed by atoms with Crippen LogP contribution in [0.1, 0.15) is 12.8 Å². The van der Waals surface area contributed by atoms with Gasteiger partial charge in [-0.05, 0) is 24.9 Å². The van der Waals surface area contributed by atoms with Crippen LogP contribution in [0.3, 0.4) is 0 Å². The maximum absolute atomic E-state index is 13.8. The molecule has 0 bridgehead atoms. The zero-order chi connectivity index (χ0) is 21.8. The molecule has 2 aliphatic heterocycles. The molecule has 5 rings (SSSR count). The molecule has 8 heteroatoms. The van der Waals surface area contributed by atoms with E-state index >= 15 is 0 Å². The summed E-state index contributed by atoms with van der Waals surface area (Å²) in [5.74, 6) is 0.881. The fraction of sp³-hybridized carbons (Fsp3) is 0.458. The van der Waals surface area contributed by atoms with E-state index in [0.717, 1.165) is 85.9 Å². The molecular formula is C24H29N5O2S. The van der Waals surface area contributed by atoms with Crippen molar-refractivity contribution in [1.29, 1.82) is 0 Å². The van der Waals surface area contributed by atoms with Gasteiger partial charge in [-0.3, -0.25) is 14.6 Å². The van der Waals surface area contributed by atoms with E-state index in [4.69, 9.17) is 4.74 Å². The molecule has 1 aromatic carbocycles. The second-order valence-electron chi connectivity index (χ2n) is 8.38. The standard InChI is InChI=1S/C24H29N5O2S/c30-24(19-7-4-8-25-15-19)29(10-9-28-11-13-31-14-12-28)22-21-20(18-5-2-1-3-6-18)16-32-23(21)27-17-26-22/h1-3,5-6,16-17,19,25H,4,7-15H2. The predicted octanol–water partition coefficient (Wildman–Crippen LogP) is 3.02. The number of amides is 1. The van der Waals surface area contributed by atoms with Crippen LogP contribution < -0.4 is 10.2 Å². The smallest absolute Gasteiger partial charge is 0.232 e. The van der Waals surface area contributed by atoms with Gasteiger partial charge in [0.05, 0.1) is 24.5 Å². The average molecular weight is 452 g/mol. The van der Waals surface area contributed by atoms with Gasteiger partial charge in [0.25, 0.3) is 0 Å². The third-order valence-electron chi connectivity index (χ3n) is 6.35. The Hall–Kier alpha value is -2.39. The van der Waals surface area contributed by atoms with Gasteiger partial charge in [0.1, 0.15) is 17.0 Å². The van der Waals surface area contributed by atoms with E-state index in [1.165, 1.54) is 0 Å². The Kier molecular flexibility index (Phi) is 6.73. The van der Waals surface area contributed by atoms with Crippen molar-refractivity contribution in [2.24, 2.45) is 5.92 Å². The maximum atomic E-state index is 13.8. The Morgan fingerprint density at radius 2 is 2.06 bits per heavy atom. The lowest BCUT2D eigenvalue weighted by Gasteiger charge is -2.32. The lowest BCUT2D eigenvalue weighted by atomic mass is 9.97. The van der Waals surface area contributed by atoms with Gasteiger partial charge in [-0.25, -0.2) is 9.97 Å². The Labute approximate surface area is 192 Å². The molecule has 0 saturated carbocycles. The van der Waals surface area contributed by atoms with Gasteiger partial charge in [0.2, 0.25) is 5.91 Å². The van der Waals surface area contributed by atoms with E-state index in [-0.39, 0.29) is 11.8 Å². The minimum atomic E-state index is -0.0164. The molecule has 7 nitrogen and oxygen atoms in total. The van der Waals surface area contributed by atoms with E-state index < -0.39 is 0 Å². The molecule has 4 heterocycles. The second kappa shape index (κ2) is 10.0. The van der Waals surface area contributed by atoms with Crippen LogP contribution in [0.15, 0.2) is 42.0 Å². The summed E-state index contributed by atoms with van der Waals surface area (Å²) < 4.78 is 5.50.